The number of imide groups is 1. The molecular formula is C28H36N2O3. The van der Waals surface area contributed by atoms with E-state index < -0.39 is 0 Å². The predicted molar refractivity (Wildman–Crippen MR) is 134 cm³/mol. The second kappa shape index (κ2) is 12.2. The second-order valence-corrected chi connectivity index (χ2v) is 8.58. The number of nitrogens with zero attached hydrogens (tertiary/aromatic N) is 2. The topological polar surface area (TPSA) is 49.9 Å². The number of carbonyl (C=O) groups is 2. The first kappa shape index (κ1) is 24.6. The molecule has 0 aromatic heterocycles. The van der Waals surface area contributed by atoms with Crippen LogP contribution in [0.5, 0.6) is 5.75 Å². The highest BCUT2D eigenvalue weighted by Gasteiger charge is 2.40. The summed E-state index contributed by atoms with van der Waals surface area (Å²) in [6.07, 6.45) is 9.36. The molecule has 0 aliphatic carbocycles. The van der Waals surface area contributed by atoms with Crippen LogP contribution < -0.4 is 9.64 Å². The molecule has 2 amide bonds. The Hall–Kier alpha value is -3.08. The van der Waals surface area contributed by atoms with Crippen LogP contribution in [0.3, 0.4) is 0 Å². The van der Waals surface area contributed by atoms with Gasteiger partial charge in [0.25, 0.3) is 11.8 Å². The molecule has 1 aliphatic rings. The number of anilines is 1. The molecule has 0 bridgehead atoms. The van der Waals surface area contributed by atoms with E-state index in [0.29, 0.717) is 23.6 Å². The van der Waals surface area contributed by atoms with Crippen molar-refractivity contribution in [1.29, 1.82) is 0 Å². The Morgan fingerprint density at radius 3 is 2.00 bits per heavy atom. The van der Waals surface area contributed by atoms with Crippen molar-refractivity contribution in [1.82, 2.24) is 4.90 Å². The first-order valence-electron chi connectivity index (χ1n) is 12.1. The van der Waals surface area contributed by atoms with Crippen molar-refractivity contribution in [2.75, 3.05) is 25.6 Å². The summed E-state index contributed by atoms with van der Waals surface area (Å²) in [5.41, 5.74) is 2.48. The molecule has 0 fully saturated rings. The molecule has 2 aromatic rings. The van der Waals surface area contributed by atoms with E-state index in [9.17, 15) is 9.59 Å². The summed E-state index contributed by atoms with van der Waals surface area (Å²) in [4.78, 5) is 30.1. The van der Waals surface area contributed by atoms with Crippen molar-refractivity contribution in [3.05, 3.63) is 65.9 Å². The van der Waals surface area contributed by atoms with E-state index in [0.717, 1.165) is 30.5 Å². The molecule has 0 saturated carbocycles. The summed E-state index contributed by atoms with van der Waals surface area (Å²) >= 11 is 0. The third-order valence-electron chi connectivity index (χ3n) is 6.24. The number of benzene rings is 2. The van der Waals surface area contributed by atoms with Crippen LogP contribution in [0.1, 0.15) is 63.9 Å². The summed E-state index contributed by atoms with van der Waals surface area (Å²) in [5, 5.41) is 0. The Balaban J connectivity index is 1.76. The van der Waals surface area contributed by atoms with Gasteiger partial charge in [-0.1, -0.05) is 82.2 Å². The quantitative estimate of drug-likeness (QED) is 0.276. The smallest absolute Gasteiger partial charge is 0.278 e. The number of rotatable bonds is 13. The minimum absolute atomic E-state index is 0.217. The van der Waals surface area contributed by atoms with Crippen LogP contribution >= 0.6 is 0 Å². The number of para-hydroxylation sites is 1. The van der Waals surface area contributed by atoms with Gasteiger partial charge in [0.05, 0.1) is 12.7 Å². The summed E-state index contributed by atoms with van der Waals surface area (Å²) < 4.78 is 5.26. The maximum atomic E-state index is 13.5. The van der Waals surface area contributed by atoms with Gasteiger partial charge in [-0.15, -0.1) is 0 Å². The Morgan fingerprint density at radius 1 is 0.788 bits per heavy atom. The van der Waals surface area contributed by atoms with Gasteiger partial charge in [0.15, 0.2) is 0 Å². The van der Waals surface area contributed by atoms with Crippen LogP contribution in [0.15, 0.2) is 60.3 Å². The lowest BCUT2D eigenvalue weighted by atomic mass is 10.0. The minimum atomic E-state index is -0.222. The number of unbranched alkanes of at least 4 members (excludes halogenated alkanes) is 7. The van der Waals surface area contributed by atoms with Crippen LogP contribution in [0.4, 0.5) is 5.69 Å². The number of methoxy groups -OCH3 is 1. The Labute approximate surface area is 198 Å². The van der Waals surface area contributed by atoms with Gasteiger partial charge < -0.3 is 9.64 Å². The number of likely N-dealkylation sites (N-methyl/N-ethyl adjacent to an activating group) is 1. The van der Waals surface area contributed by atoms with E-state index >= 15 is 0 Å². The van der Waals surface area contributed by atoms with Crippen LogP contribution in [-0.2, 0) is 9.59 Å². The highest BCUT2D eigenvalue weighted by molar-refractivity contribution is 6.36. The minimum Gasteiger partial charge on any atom is -0.497 e. The number of hydrogen-bond donors (Lipinski definition) is 0. The number of amides is 2. The fourth-order valence-corrected chi connectivity index (χ4v) is 4.28. The largest absolute Gasteiger partial charge is 0.497 e. The fraction of sp³-hybridized carbons (Fsp3) is 0.429. The molecule has 0 unspecified atom stereocenters. The Morgan fingerprint density at radius 2 is 1.39 bits per heavy atom. The maximum absolute atomic E-state index is 13.5. The number of ether oxygens (including phenoxy) is 1. The van der Waals surface area contributed by atoms with E-state index in [1.54, 1.807) is 7.11 Å². The molecule has 1 heterocycles. The molecule has 0 radical (unpaired) electrons. The van der Waals surface area contributed by atoms with E-state index in [2.05, 4.69) is 6.92 Å². The maximum Gasteiger partial charge on any atom is 0.278 e. The lowest BCUT2D eigenvalue weighted by Gasteiger charge is -2.21. The molecule has 176 valence electrons. The third kappa shape index (κ3) is 6.04. The molecule has 0 atom stereocenters. The van der Waals surface area contributed by atoms with Gasteiger partial charge in [-0.3, -0.25) is 14.5 Å². The second-order valence-electron chi connectivity index (χ2n) is 8.58. The van der Waals surface area contributed by atoms with Crippen LogP contribution in [0.25, 0.3) is 5.57 Å². The molecule has 2 aromatic carbocycles. The summed E-state index contributed by atoms with van der Waals surface area (Å²) in [7, 11) is 3.46. The van der Waals surface area contributed by atoms with Crippen molar-refractivity contribution in [2.24, 2.45) is 0 Å². The van der Waals surface area contributed by atoms with Gasteiger partial charge in [-0.05, 0) is 36.2 Å². The summed E-state index contributed by atoms with van der Waals surface area (Å²) in [6.45, 7) is 2.68. The first-order chi connectivity index (χ1) is 16.1. The molecule has 0 N–H and O–H groups in total. The van der Waals surface area contributed by atoms with Crippen LogP contribution in [0.2, 0.25) is 0 Å². The van der Waals surface area contributed by atoms with Gasteiger partial charge in [-0.25, -0.2) is 0 Å². The molecule has 33 heavy (non-hydrogen) atoms. The summed E-state index contributed by atoms with van der Waals surface area (Å²) in [5.74, 6) is 0.274. The molecule has 3 rings (SSSR count). The Bertz CT molecular complexity index is 951. The third-order valence-corrected chi connectivity index (χ3v) is 6.24. The van der Waals surface area contributed by atoms with E-state index in [1.807, 2.05) is 66.5 Å². The van der Waals surface area contributed by atoms with Crippen molar-refractivity contribution in [3.63, 3.8) is 0 Å². The molecule has 0 saturated heterocycles. The van der Waals surface area contributed by atoms with Crippen LogP contribution in [0, 0.1) is 0 Å². The molecule has 1 aliphatic heterocycles. The molecule has 5 nitrogen and oxygen atoms in total. The molecular weight excluding hydrogens is 412 g/mol. The van der Waals surface area contributed by atoms with E-state index in [-0.39, 0.29) is 11.8 Å². The normalized spacial score (nSPS) is 13.7. The zero-order chi connectivity index (χ0) is 23.6. The van der Waals surface area contributed by atoms with E-state index in [1.165, 1.54) is 37.0 Å². The van der Waals surface area contributed by atoms with Gasteiger partial charge >= 0.3 is 0 Å². The number of carbonyl (C=O) groups excluding carboxylic acids is 2. The monoisotopic (exact) mass is 448 g/mol. The molecule has 5 heteroatoms. The number of hydrogen-bond acceptors (Lipinski definition) is 4. The van der Waals surface area contributed by atoms with Gasteiger partial charge in [0, 0.05) is 19.3 Å². The van der Waals surface area contributed by atoms with E-state index in [4.69, 9.17) is 4.74 Å². The predicted octanol–water partition coefficient (Wildman–Crippen LogP) is 6.05. The SMILES string of the molecule is CCCCCCCCCCN1C(=O)C(c2ccc(OC)cc2)=C(N(C)c2ccccc2)C1=O. The lowest BCUT2D eigenvalue weighted by molar-refractivity contribution is -0.136. The highest BCUT2D eigenvalue weighted by atomic mass is 16.5. The van der Waals surface area contributed by atoms with Crippen molar-refractivity contribution in [2.45, 2.75) is 58.3 Å². The highest BCUT2D eigenvalue weighted by Crippen LogP contribution is 2.34. The van der Waals surface area contributed by atoms with Crippen molar-refractivity contribution < 1.29 is 14.3 Å². The Kier molecular flexibility index (Phi) is 9.11. The van der Waals surface area contributed by atoms with Crippen molar-refractivity contribution in [3.8, 4) is 5.75 Å². The summed E-state index contributed by atoms with van der Waals surface area (Å²) in [6, 6.07) is 17.0. The standard InChI is InChI=1S/C28H36N2O3/c1-4-5-6-7-8-9-10-14-21-30-27(31)25(22-17-19-24(33-3)20-18-22)26(28(30)32)29(2)23-15-12-11-13-16-23/h11-13,15-20H,4-10,14,21H2,1-3H3. The average Bonchev–Trinajstić information content (AvgIpc) is 3.10. The lowest BCUT2D eigenvalue weighted by Crippen LogP contribution is -2.35. The zero-order valence-corrected chi connectivity index (χ0v) is 20.2. The first-order valence-corrected chi connectivity index (χ1v) is 12.1. The average molecular weight is 449 g/mol. The van der Waals surface area contributed by atoms with Crippen LogP contribution in [-0.4, -0.2) is 37.4 Å². The van der Waals surface area contributed by atoms with Gasteiger partial charge in [0.1, 0.15) is 11.4 Å². The zero-order valence-electron chi connectivity index (χ0n) is 20.2. The van der Waals surface area contributed by atoms with Gasteiger partial charge in [-0.2, -0.15) is 0 Å². The van der Waals surface area contributed by atoms with Gasteiger partial charge in [0.2, 0.25) is 0 Å². The molecule has 0 spiro atoms. The van der Waals surface area contributed by atoms with Crippen molar-refractivity contribution >= 4 is 23.1 Å². The fourth-order valence-electron chi connectivity index (χ4n) is 4.28.